The molecular weight excluding hydrogens is 671 g/mol. The Kier molecular flexibility index (Phi) is 6.82. The van der Waals surface area contributed by atoms with E-state index in [1.54, 1.807) is 0 Å². The third kappa shape index (κ3) is 4.48. The molecular formula is C52H45NO2. The molecule has 270 valence electrons. The average Bonchev–Trinajstić information content (AvgIpc) is 3.60. The summed E-state index contributed by atoms with van der Waals surface area (Å²) in [6.07, 6.45) is 4.74. The van der Waals surface area contributed by atoms with Crippen LogP contribution in [0.25, 0.3) is 49.9 Å². The fourth-order valence-electron chi connectivity index (χ4n) is 10.6. The minimum atomic E-state index is -0.859. The second-order valence-corrected chi connectivity index (χ2v) is 17.1. The predicted octanol–water partition coefficient (Wildman–Crippen LogP) is 12.1. The van der Waals surface area contributed by atoms with Crippen LogP contribution in [0.2, 0.25) is 0 Å². The fraction of sp³-hybridized carbons (Fsp3) is 0.231. The van der Waals surface area contributed by atoms with Gasteiger partial charge in [-0.3, -0.25) is 0 Å². The van der Waals surface area contributed by atoms with Gasteiger partial charge in [-0.25, -0.2) is 0 Å². The van der Waals surface area contributed by atoms with E-state index < -0.39 is 5.60 Å². The van der Waals surface area contributed by atoms with E-state index in [1.807, 2.05) is 0 Å². The largest absolute Gasteiger partial charge is 0.472 e. The molecule has 0 spiro atoms. The van der Waals surface area contributed by atoms with Crippen molar-refractivity contribution >= 4 is 33.3 Å². The molecule has 0 bridgehead atoms. The molecule has 1 fully saturated rings. The lowest BCUT2D eigenvalue weighted by Gasteiger charge is -2.39. The zero-order valence-electron chi connectivity index (χ0n) is 32.3. The highest BCUT2D eigenvalue weighted by Crippen LogP contribution is 2.59. The van der Waals surface area contributed by atoms with E-state index in [-0.39, 0.29) is 10.8 Å². The van der Waals surface area contributed by atoms with Gasteiger partial charge in [0.15, 0.2) is 5.60 Å². The normalized spacial score (nSPS) is 19.8. The Labute approximate surface area is 323 Å². The fourth-order valence-corrected chi connectivity index (χ4v) is 10.6. The lowest BCUT2D eigenvalue weighted by atomic mass is 9.75. The van der Waals surface area contributed by atoms with Crippen LogP contribution in [0.1, 0.15) is 72.2 Å². The Morgan fingerprint density at radius 2 is 1.24 bits per heavy atom. The number of benzene rings is 7. The summed E-state index contributed by atoms with van der Waals surface area (Å²) in [5.74, 6) is 0.959. The Hall–Kier alpha value is -5.64. The van der Waals surface area contributed by atoms with Crippen LogP contribution in [-0.4, -0.2) is 26.3 Å². The van der Waals surface area contributed by atoms with Gasteiger partial charge in [-0.05, 0) is 91.9 Å². The van der Waals surface area contributed by atoms with Crippen molar-refractivity contribution in [3.8, 4) is 28.0 Å². The van der Waals surface area contributed by atoms with Gasteiger partial charge in [-0.2, -0.15) is 0 Å². The minimum Gasteiger partial charge on any atom is -0.472 e. The summed E-state index contributed by atoms with van der Waals surface area (Å²) in [6.45, 7) is 15.1. The highest BCUT2D eigenvalue weighted by molar-refractivity contribution is 6.08. The van der Waals surface area contributed by atoms with E-state index in [4.69, 9.17) is 9.47 Å². The number of hydrogen-bond acceptors (Lipinski definition) is 3. The highest BCUT2D eigenvalue weighted by Gasteiger charge is 2.46. The van der Waals surface area contributed by atoms with E-state index in [0.29, 0.717) is 0 Å². The Balaban J connectivity index is 1.14. The lowest BCUT2D eigenvalue weighted by molar-refractivity contribution is 0.122. The molecule has 3 nitrogen and oxygen atoms in total. The van der Waals surface area contributed by atoms with Gasteiger partial charge in [0.05, 0.1) is 13.2 Å². The van der Waals surface area contributed by atoms with Gasteiger partial charge in [0.25, 0.3) is 0 Å². The maximum Gasteiger partial charge on any atom is 0.178 e. The van der Waals surface area contributed by atoms with Crippen LogP contribution in [0, 0.1) is 6.92 Å². The van der Waals surface area contributed by atoms with E-state index in [2.05, 4.69) is 173 Å². The number of fused-ring (bicyclic) bond motifs is 13. The molecule has 0 saturated carbocycles. The van der Waals surface area contributed by atoms with E-state index in [9.17, 15) is 0 Å². The SMILES string of the molecule is Cc1ccc2c(c1)C(C)(C)c1c3c(c4ccccc4c1-2)OC(c1ccc(N2CCOCC2)cc1)(c1ccc2c(c1)C(C)(C)c1c-2ccc2ccccc12)C=C3. The molecule has 0 radical (unpaired) electrons. The average molecular weight is 716 g/mol. The Morgan fingerprint density at radius 1 is 0.582 bits per heavy atom. The molecule has 2 aliphatic carbocycles. The third-order valence-electron chi connectivity index (χ3n) is 13.3. The maximum atomic E-state index is 7.79. The van der Waals surface area contributed by atoms with Crippen LogP contribution < -0.4 is 9.64 Å². The molecule has 3 heteroatoms. The standard InChI is InChI=1S/C52H45NO2/c1-32-14-21-42-44(30-32)51(4,5)48-43-24-25-52(55-49(43)41-13-9-8-12-39(41)46(42)48,34-16-19-36(20-17-34)53-26-28-54-29-27-53)35-18-23-38-40-22-15-33-10-6-7-11-37(33)47(40)50(2,3)45(38)31-35/h6-25,30-31H,26-29H2,1-5H3. The summed E-state index contributed by atoms with van der Waals surface area (Å²) < 4.78 is 13.5. The minimum absolute atomic E-state index is 0.190. The van der Waals surface area contributed by atoms with Gasteiger partial charge in [0.2, 0.25) is 0 Å². The van der Waals surface area contributed by atoms with Crippen molar-refractivity contribution in [3.63, 3.8) is 0 Å². The van der Waals surface area contributed by atoms with Gasteiger partial charge in [-0.1, -0.05) is 142 Å². The predicted molar refractivity (Wildman–Crippen MR) is 228 cm³/mol. The second-order valence-electron chi connectivity index (χ2n) is 17.1. The van der Waals surface area contributed by atoms with Gasteiger partial charge < -0.3 is 14.4 Å². The highest BCUT2D eigenvalue weighted by atomic mass is 16.5. The van der Waals surface area contributed by atoms with E-state index in [0.717, 1.165) is 48.6 Å². The monoisotopic (exact) mass is 715 g/mol. The number of morpholine rings is 1. The molecule has 0 N–H and O–H groups in total. The van der Waals surface area contributed by atoms with Crippen molar-refractivity contribution in [3.05, 3.63) is 172 Å². The van der Waals surface area contributed by atoms with Crippen LogP contribution in [0.3, 0.4) is 0 Å². The van der Waals surface area contributed by atoms with Crippen LogP contribution >= 0.6 is 0 Å². The molecule has 7 aromatic carbocycles. The van der Waals surface area contributed by atoms with Gasteiger partial charge in [0.1, 0.15) is 5.75 Å². The number of anilines is 1. The van der Waals surface area contributed by atoms with Crippen molar-refractivity contribution in [2.45, 2.75) is 51.0 Å². The second kappa shape index (κ2) is 11.4. The van der Waals surface area contributed by atoms with Crippen LogP contribution in [0.4, 0.5) is 5.69 Å². The molecule has 2 aliphatic heterocycles. The molecule has 7 aromatic rings. The quantitative estimate of drug-likeness (QED) is 0.182. The van der Waals surface area contributed by atoms with E-state index >= 15 is 0 Å². The molecule has 4 aliphatic rings. The van der Waals surface area contributed by atoms with Gasteiger partial charge in [0, 0.05) is 51.7 Å². The summed E-state index contributed by atoms with van der Waals surface area (Å²) in [5.41, 5.74) is 15.5. The number of nitrogens with zero attached hydrogens (tertiary/aromatic N) is 1. The van der Waals surface area contributed by atoms with Gasteiger partial charge in [-0.15, -0.1) is 0 Å². The van der Waals surface area contributed by atoms with Crippen LogP contribution in [0.5, 0.6) is 5.75 Å². The molecule has 11 rings (SSSR count). The van der Waals surface area contributed by atoms with Crippen molar-refractivity contribution in [2.24, 2.45) is 0 Å². The van der Waals surface area contributed by atoms with Crippen molar-refractivity contribution in [1.82, 2.24) is 0 Å². The molecule has 55 heavy (non-hydrogen) atoms. The van der Waals surface area contributed by atoms with Crippen LogP contribution in [0.15, 0.2) is 127 Å². The molecule has 2 heterocycles. The molecule has 1 saturated heterocycles. The topological polar surface area (TPSA) is 21.7 Å². The first kappa shape index (κ1) is 32.8. The van der Waals surface area contributed by atoms with Crippen molar-refractivity contribution in [1.29, 1.82) is 0 Å². The van der Waals surface area contributed by atoms with Crippen LogP contribution in [-0.2, 0) is 21.2 Å². The van der Waals surface area contributed by atoms with Crippen molar-refractivity contribution in [2.75, 3.05) is 31.2 Å². The maximum absolute atomic E-state index is 7.79. The zero-order chi connectivity index (χ0) is 37.3. The summed E-state index contributed by atoms with van der Waals surface area (Å²) in [5, 5.41) is 5.02. The number of rotatable bonds is 3. The molecule has 1 unspecified atom stereocenters. The van der Waals surface area contributed by atoms with Crippen molar-refractivity contribution < 1.29 is 9.47 Å². The Bertz CT molecular complexity index is 2780. The van der Waals surface area contributed by atoms with Gasteiger partial charge >= 0.3 is 0 Å². The smallest absolute Gasteiger partial charge is 0.178 e. The third-order valence-corrected chi connectivity index (χ3v) is 13.3. The summed E-state index contributed by atoms with van der Waals surface area (Å²) in [6, 6.07) is 45.5. The summed E-state index contributed by atoms with van der Waals surface area (Å²) in [7, 11) is 0. The molecule has 0 aromatic heterocycles. The molecule has 1 atom stereocenters. The first-order valence-corrected chi connectivity index (χ1v) is 19.9. The number of ether oxygens (including phenoxy) is 2. The first-order chi connectivity index (χ1) is 26.7. The number of hydrogen-bond donors (Lipinski definition) is 0. The lowest BCUT2D eigenvalue weighted by Crippen LogP contribution is -2.37. The summed E-state index contributed by atoms with van der Waals surface area (Å²) in [4.78, 5) is 2.42. The summed E-state index contributed by atoms with van der Waals surface area (Å²) >= 11 is 0. The number of aryl methyl sites for hydroxylation is 1. The molecule has 0 amide bonds. The Morgan fingerprint density at radius 3 is 2.04 bits per heavy atom. The zero-order valence-corrected chi connectivity index (χ0v) is 32.3. The first-order valence-electron chi connectivity index (χ1n) is 19.9. The van der Waals surface area contributed by atoms with E-state index in [1.165, 1.54) is 77.5 Å².